The highest BCUT2D eigenvalue weighted by Crippen LogP contribution is 2.28. The fourth-order valence-electron chi connectivity index (χ4n) is 3.15. The zero-order valence-electron chi connectivity index (χ0n) is 17.1. The Labute approximate surface area is 177 Å². The largest absolute Gasteiger partial charge is 0.495 e. The summed E-state index contributed by atoms with van der Waals surface area (Å²) in [5.41, 5.74) is 2.43. The normalized spacial score (nSPS) is 15.3. The highest BCUT2D eigenvalue weighted by molar-refractivity contribution is 7.89. The molecule has 0 saturated carbocycles. The lowest BCUT2D eigenvalue weighted by atomic mass is 10.1. The zero-order valence-corrected chi connectivity index (χ0v) is 17.9. The number of amides is 1. The lowest BCUT2D eigenvalue weighted by molar-refractivity contribution is -0.111. The topological polar surface area (TPSA) is 84.9 Å². The van der Waals surface area contributed by atoms with E-state index in [4.69, 9.17) is 9.47 Å². The molecule has 0 radical (unpaired) electrons. The van der Waals surface area contributed by atoms with Crippen LogP contribution in [0.5, 0.6) is 5.75 Å². The Morgan fingerprint density at radius 3 is 2.67 bits per heavy atom. The molecule has 1 heterocycles. The van der Waals surface area contributed by atoms with Crippen LogP contribution < -0.4 is 10.1 Å². The maximum atomic E-state index is 13.0. The monoisotopic (exact) mass is 430 g/mol. The van der Waals surface area contributed by atoms with Crippen molar-refractivity contribution in [2.24, 2.45) is 0 Å². The predicted octanol–water partition coefficient (Wildman–Crippen LogP) is 2.93. The molecular weight excluding hydrogens is 404 g/mol. The molecule has 0 atom stereocenters. The first-order valence-corrected chi connectivity index (χ1v) is 11.2. The lowest BCUT2D eigenvalue weighted by Gasteiger charge is -2.26. The molecule has 2 aromatic carbocycles. The van der Waals surface area contributed by atoms with Gasteiger partial charge in [-0.1, -0.05) is 25.1 Å². The van der Waals surface area contributed by atoms with Crippen LogP contribution in [0.1, 0.15) is 18.1 Å². The van der Waals surface area contributed by atoms with E-state index in [0.29, 0.717) is 37.6 Å². The van der Waals surface area contributed by atoms with Crippen molar-refractivity contribution in [1.82, 2.24) is 4.31 Å². The zero-order chi connectivity index (χ0) is 21.6. The van der Waals surface area contributed by atoms with Gasteiger partial charge in [0.15, 0.2) is 0 Å². The lowest BCUT2D eigenvalue weighted by Crippen LogP contribution is -2.40. The molecule has 3 rings (SSSR count). The van der Waals surface area contributed by atoms with E-state index in [1.165, 1.54) is 23.6 Å². The first-order valence-electron chi connectivity index (χ1n) is 9.78. The summed E-state index contributed by atoms with van der Waals surface area (Å²) in [5.74, 6) is -0.0314. The second-order valence-corrected chi connectivity index (χ2v) is 8.71. The number of rotatable bonds is 7. The van der Waals surface area contributed by atoms with Gasteiger partial charge in [-0.05, 0) is 47.9 Å². The van der Waals surface area contributed by atoms with Crippen molar-refractivity contribution in [3.8, 4) is 5.75 Å². The minimum absolute atomic E-state index is 0.0742. The first kappa shape index (κ1) is 22.0. The molecule has 7 nitrogen and oxygen atoms in total. The third-order valence-electron chi connectivity index (χ3n) is 4.81. The summed E-state index contributed by atoms with van der Waals surface area (Å²) in [7, 11) is -2.30. The van der Waals surface area contributed by atoms with Gasteiger partial charge in [0.05, 0.1) is 20.3 Å². The van der Waals surface area contributed by atoms with Gasteiger partial charge < -0.3 is 14.8 Å². The van der Waals surface area contributed by atoms with E-state index in [9.17, 15) is 13.2 Å². The van der Waals surface area contributed by atoms with Gasteiger partial charge in [-0.2, -0.15) is 4.31 Å². The fraction of sp³-hybridized carbons (Fsp3) is 0.318. The molecule has 0 aliphatic carbocycles. The molecule has 1 N–H and O–H groups in total. The van der Waals surface area contributed by atoms with Gasteiger partial charge in [0.1, 0.15) is 10.6 Å². The summed E-state index contributed by atoms with van der Waals surface area (Å²) >= 11 is 0. The average molecular weight is 431 g/mol. The molecule has 30 heavy (non-hydrogen) atoms. The van der Waals surface area contributed by atoms with Crippen molar-refractivity contribution >= 4 is 27.7 Å². The highest BCUT2D eigenvalue weighted by Gasteiger charge is 2.29. The number of hydrogen-bond donors (Lipinski definition) is 1. The van der Waals surface area contributed by atoms with Gasteiger partial charge in [-0.25, -0.2) is 8.42 Å². The molecular formula is C22H26N2O5S. The van der Waals surface area contributed by atoms with E-state index < -0.39 is 10.0 Å². The number of carbonyl (C=O) groups excluding carboxylic acids is 1. The van der Waals surface area contributed by atoms with E-state index in [0.717, 1.165) is 12.0 Å². The molecule has 1 saturated heterocycles. The van der Waals surface area contributed by atoms with Crippen molar-refractivity contribution in [3.63, 3.8) is 0 Å². The quantitative estimate of drug-likeness (QED) is 0.683. The van der Waals surface area contributed by atoms with Crippen LogP contribution in [0.15, 0.2) is 53.4 Å². The number of sulfonamides is 1. The molecule has 8 heteroatoms. The molecule has 0 spiro atoms. The van der Waals surface area contributed by atoms with E-state index in [1.54, 1.807) is 18.2 Å². The molecule has 0 unspecified atom stereocenters. The molecule has 1 amide bonds. The van der Waals surface area contributed by atoms with E-state index in [-0.39, 0.29) is 16.6 Å². The van der Waals surface area contributed by atoms with E-state index in [1.807, 2.05) is 31.2 Å². The maximum Gasteiger partial charge on any atom is 0.248 e. The van der Waals surface area contributed by atoms with Crippen LogP contribution in [0.25, 0.3) is 6.08 Å². The van der Waals surface area contributed by atoms with Crippen LogP contribution in [0, 0.1) is 0 Å². The maximum absolute atomic E-state index is 13.0. The molecule has 160 valence electrons. The number of nitrogens with zero attached hydrogens (tertiary/aromatic N) is 1. The Bertz CT molecular complexity index is 1030. The number of ether oxygens (including phenoxy) is 2. The third kappa shape index (κ3) is 5.27. The molecule has 2 aromatic rings. The van der Waals surface area contributed by atoms with Crippen LogP contribution in [0.3, 0.4) is 0 Å². The Balaban J connectivity index is 1.79. The van der Waals surface area contributed by atoms with Gasteiger partial charge in [0.2, 0.25) is 15.9 Å². The van der Waals surface area contributed by atoms with Gasteiger partial charge in [-0.15, -0.1) is 0 Å². The van der Waals surface area contributed by atoms with E-state index in [2.05, 4.69) is 5.32 Å². The van der Waals surface area contributed by atoms with Crippen molar-refractivity contribution in [2.45, 2.75) is 18.2 Å². The number of morpholine rings is 1. The van der Waals surface area contributed by atoms with Crippen molar-refractivity contribution in [2.75, 3.05) is 38.7 Å². The molecule has 1 aliphatic heterocycles. The fourth-order valence-corrected chi connectivity index (χ4v) is 4.75. The predicted molar refractivity (Wildman–Crippen MR) is 116 cm³/mol. The first-order chi connectivity index (χ1) is 14.4. The second-order valence-electron chi connectivity index (χ2n) is 6.80. The van der Waals surface area contributed by atoms with Crippen LogP contribution in [0.2, 0.25) is 0 Å². The Morgan fingerprint density at radius 2 is 1.97 bits per heavy atom. The summed E-state index contributed by atoms with van der Waals surface area (Å²) in [5, 5.41) is 2.82. The highest BCUT2D eigenvalue weighted by atomic mass is 32.2. The Kier molecular flexibility index (Phi) is 7.25. The van der Waals surface area contributed by atoms with Gasteiger partial charge in [-0.3, -0.25) is 4.79 Å². The van der Waals surface area contributed by atoms with Crippen molar-refractivity contribution < 1.29 is 22.7 Å². The Hall–Kier alpha value is -2.68. The summed E-state index contributed by atoms with van der Waals surface area (Å²) in [6, 6.07) is 12.5. The van der Waals surface area contributed by atoms with Gasteiger partial charge in [0, 0.05) is 24.9 Å². The number of carbonyl (C=O) groups is 1. The number of benzene rings is 2. The van der Waals surface area contributed by atoms with Crippen LogP contribution in [-0.2, 0) is 26.0 Å². The molecule has 0 aromatic heterocycles. The summed E-state index contributed by atoms with van der Waals surface area (Å²) in [6.07, 6.45) is 3.84. The standard InChI is InChI=1S/C22H26N2O5S/c1-3-17-5-4-6-19(15-17)23-22(25)10-8-18-7-9-20(28-2)21(16-18)30(26,27)24-11-13-29-14-12-24/h4-10,15-16H,3,11-14H2,1-2H3,(H,23,25). The van der Waals surface area contributed by atoms with E-state index >= 15 is 0 Å². The van der Waals surface area contributed by atoms with Crippen LogP contribution >= 0.6 is 0 Å². The molecule has 1 aliphatic rings. The minimum Gasteiger partial charge on any atom is -0.495 e. The Morgan fingerprint density at radius 1 is 1.20 bits per heavy atom. The second kappa shape index (κ2) is 9.88. The van der Waals surface area contributed by atoms with Crippen LogP contribution in [-0.4, -0.2) is 52.0 Å². The van der Waals surface area contributed by atoms with Crippen molar-refractivity contribution in [1.29, 1.82) is 0 Å². The average Bonchev–Trinajstić information content (AvgIpc) is 2.78. The minimum atomic E-state index is -3.73. The third-order valence-corrected chi connectivity index (χ3v) is 6.73. The number of nitrogens with one attached hydrogen (secondary N) is 1. The van der Waals surface area contributed by atoms with Crippen LogP contribution in [0.4, 0.5) is 5.69 Å². The summed E-state index contributed by atoms with van der Waals surface area (Å²) in [6.45, 7) is 3.36. The summed E-state index contributed by atoms with van der Waals surface area (Å²) in [4.78, 5) is 12.3. The number of anilines is 1. The number of aryl methyl sites for hydroxylation is 1. The summed E-state index contributed by atoms with van der Waals surface area (Å²) < 4.78 is 38.0. The number of methoxy groups -OCH3 is 1. The number of hydrogen-bond acceptors (Lipinski definition) is 5. The van der Waals surface area contributed by atoms with Gasteiger partial charge in [0.25, 0.3) is 0 Å². The van der Waals surface area contributed by atoms with Gasteiger partial charge >= 0.3 is 0 Å². The SMILES string of the molecule is CCc1cccc(NC(=O)C=Cc2ccc(OC)c(S(=O)(=O)N3CCOCC3)c2)c1. The molecule has 1 fully saturated rings. The van der Waals surface area contributed by atoms with Crippen molar-refractivity contribution in [3.05, 3.63) is 59.7 Å². The molecule has 0 bridgehead atoms. The smallest absolute Gasteiger partial charge is 0.248 e.